The average molecular weight is 158 g/mol. The van der Waals surface area contributed by atoms with Crippen LogP contribution in [0.25, 0.3) is 0 Å². The van der Waals surface area contributed by atoms with Gasteiger partial charge in [0, 0.05) is 19.2 Å². The highest BCUT2D eigenvalue weighted by molar-refractivity contribution is 4.81. The van der Waals surface area contributed by atoms with E-state index in [9.17, 15) is 0 Å². The Morgan fingerprint density at radius 1 is 1.64 bits per heavy atom. The molecule has 1 aliphatic heterocycles. The van der Waals surface area contributed by atoms with Gasteiger partial charge < -0.3 is 15.7 Å². The Bertz CT molecular complexity index is 119. The van der Waals surface area contributed by atoms with Crippen LogP contribution in [0.2, 0.25) is 0 Å². The highest BCUT2D eigenvalue weighted by Gasteiger charge is 2.23. The van der Waals surface area contributed by atoms with Crippen molar-refractivity contribution in [2.45, 2.75) is 18.9 Å². The van der Waals surface area contributed by atoms with Crippen molar-refractivity contribution in [3.05, 3.63) is 0 Å². The third kappa shape index (κ3) is 2.43. The normalized spacial score (nSPS) is 34.1. The standard InChI is InChI=1S/C8H18N2O/c1-10-4-2-7(3-5-11)8(9)6-10/h7-8,11H,2-6,9H2,1H3. The van der Waals surface area contributed by atoms with Crippen molar-refractivity contribution >= 4 is 0 Å². The van der Waals surface area contributed by atoms with E-state index in [0.717, 1.165) is 25.9 Å². The van der Waals surface area contributed by atoms with Gasteiger partial charge >= 0.3 is 0 Å². The van der Waals surface area contributed by atoms with E-state index >= 15 is 0 Å². The van der Waals surface area contributed by atoms with Gasteiger partial charge in [-0.15, -0.1) is 0 Å². The number of rotatable bonds is 2. The average Bonchev–Trinajstić information content (AvgIpc) is 1.95. The summed E-state index contributed by atoms with van der Waals surface area (Å²) in [6, 6.07) is 0.265. The van der Waals surface area contributed by atoms with Gasteiger partial charge in [0.05, 0.1) is 0 Å². The fraction of sp³-hybridized carbons (Fsp3) is 1.00. The molecule has 0 spiro atoms. The Labute approximate surface area is 68.2 Å². The van der Waals surface area contributed by atoms with E-state index in [1.807, 2.05) is 0 Å². The highest BCUT2D eigenvalue weighted by atomic mass is 16.3. The molecule has 2 atom stereocenters. The van der Waals surface area contributed by atoms with Gasteiger partial charge in [-0.3, -0.25) is 0 Å². The van der Waals surface area contributed by atoms with Gasteiger partial charge in [0.2, 0.25) is 0 Å². The van der Waals surface area contributed by atoms with Crippen molar-refractivity contribution in [3.8, 4) is 0 Å². The SMILES string of the molecule is CN1CCC(CCO)C(N)C1. The van der Waals surface area contributed by atoms with Crippen LogP contribution in [0.5, 0.6) is 0 Å². The maximum absolute atomic E-state index is 8.73. The molecule has 1 aliphatic rings. The molecule has 0 amide bonds. The summed E-state index contributed by atoms with van der Waals surface area (Å²) in [6.07, 6.45) is 2.01. The molecular weight excluding hydrogens is 140 g/mol. The second-order valence-electron chi connectivity index (χ2n) is 3.49. The summed E-state index contributed by atoms with van der Waals surface area (Å²) in [5.74, 6) is 0.538. The first kappa shape index (κ1) is 8.97. The number of nitrogens with zero attached hydrogens (tertiary/aromatic N) is 1. The third-order valence-corrected chi connectivity index (χ3v) is 2.51. The van der Waals surface area contributed by atoms with Crippen LogP contribution in [-0.4, -0.2) is 42.8 Å². The van der Waals surface area contributed by atoms with Gasteiger partial charge in [-0.2, -0.15) is 0 Å². The van der Waals surface area contributed by atoms with E-state index in [1.54, 1.807) is 0 Å². The lowest BCUT2D eigenvalue weighted by Gasteiger charge is -2.34. The van der Waals surface area contributed by atoms with E-state index in [0.29, 0.717) is 5.92 Å². The Hall–Kier alpha value is -0.120. The van der Waals surface area contributed by atoms with Gasteiger partial charge in [0.1, 0.15) is 0 Å². The minimum absolute atomic E-state index is 0.265. The van der Waals surface area contributed by atoms with Crippen LogP contribution >= 0.6 is 0 Å². The Balaban J connectivity index is 2.31. The highest BCUT2D eigenvalue weighted by Crippen LogP contribution is 2.17. The van der Waals surface area contributed by atoms with Crippen LogP contribution in [0, 0.1) is 5.92 Å². The summed E-state index contributed by atoms with van der Waals surface area (Å²) in [5, 5.41) is 8.73. The number of likely N-dealkylation sites (N-methyl/N-ethyl adjacent to an activating group) is 1. The number of aliphatic hydroxyl groups excluding tert-OH is 1. The van der Waals surface area contributed by atoms with Crippen molar-refractivity contribution < 1.29 is 5.11 Å². The van der Waals surface area contributed by atoms with Crippen molar-refractivity contribution in [1.29, 1.82) is 0 Å². The molecule has 1 rings (SSSR count). The zero-order chi connectivity index (χ0) is 8.27. The van der Waals surface area contributed by atoms with Gasteiger partial charge in [-0.05, 0) is 32.4 Å². The molecule has 0 radical (unpaired) electrons. The second-order valence-corrected chi connectivity index (χ2v) is 3.49. The lowest BCUT2D eigenvalue weighted by Crippen LogP contribution is -2.47. The monoisotopic (exact) mass is 158 g/mol. The molecule has 0 aromatic carbocycles. The molecule has 2 unspecified atom stereocenters. The van der Waals surface area contributed by atoms with Gasteiger partial charge in [-0.1, -0.05) is 0 Å². The number of piperidine rings is 1. The smallest absolute Gasteiger partial charge is 0.0434 e. The number of hydrogen-bond acceptors (Lipinski definition) is 3. The first-order valence-electron chi connectivity index (χ1n) is 4.29. The molecule has 3 nitrogen and oxygen atoms in total. The van der Waals surface area contributed by atoms with E-state index < -0.39 is 0 Å². The van der Waals surface area contributed by atoms with Gasteiger partial charge in [0.25, 0.3) is 0 Å². The zero-order valence-electron chi connectivity index (χ0n) is 7.16. The van der Waals surface area contributed by atoms with E-state index in [1.165, 1.54) is 0 Å². The van der Waals surface area contributed by atoms with E-state index in [4.69, 9.17) is 10.8 Å². The molecule has 1 heterocycles. The van der Waals surface area contributed by atoms with Crippen LogP contribution < -0.4 is 5.73 Å². The topological polar surface area (TPSA) is 49.5 Å². The summed E-state index contributed by atoms with van der Waals surface area (Å²) in [6.45, 7) is 2.38. The fourth-order valence-corrected chi connectivity index (χ4v) is 1.72. The maximum Gasteiger partial charge on any atom is 0.0434 e. The predicted molar refractivity (Wildman–Crippen MR) is 45.3 cm³/mol. The molecule has 0 aliphatic carbocycles. The molecule has 0 aromatic rings. The lowest BCUT2D eigenvalue weighted by molar-refractivity contribution is 0.158. The first-order chi connectivity index (χ1) is 5.24. The van der Waals surface area contributed by atoms with Crippen LogP contribution in [0.15, 0.2) is 0 Å². The van der Waals surface area contributed by atoms with Gasteiger partial charge in [0.15, 0.2) is 0 Å². The van der Waals surface area contributed by atoms with Crippen molar-refractivity contribution in [2.24, 2.45) is 11.7 Å². The second kappa shape index (κ2) is 4.04. The predicted octanol–water partition coefficient (Wildman–Crippen LogP) is -0.352. The molecule has 0 saturated carbocycles. The minimum atomic E-state index is 0.265. The number of hydrogen-bond donors (Lipinski definition) is 2. The molecule has 1 saturated heterocycles. The Morgan fingerprint density at radius 2 is 2.36 bits per heavy atom. The number of nitrogens with two attached hydrogens (primary N) is 1. The summed E-state index contributed by atoms with van der Waals surface area (Å²) >= 11 is 0. The molecular formula is C8H18N2O. The van der Waals surface area contributed by atoms with Crippen LogP contribution in [0.1, 0.15) is 12.8 Å². The fourth-order valence-electron chi connectivity index (χ4n) is 1.72. The summed E-state index contributed by atoms with van der Waals surface area (Å²) in [5.41, 5.74) is 5.90. The van der Waals surface area contributed by atoms with Crippen LogP contribution in [0.3, 0.4) is 0 Å². The van der Waals surface area contributed by atoms with Crippen LogP contribution in [-0.2, 0) is 0 Å². The molecule has 11 heavy (non-hydrogen) atoms. The minimum Gasteiger partial charge on any atom is -0.396 e. The molecule has 66 valence electrons. The van der Waals surface area contributed by atoms with Crippen molar-refractivity contribution in [1.82, 2.24) is 4.90 Å². The molecule has 3 N–H and O–H groups in total. The third-order valence-electron chi connectivity index (χ3n) is 2.51. The Kier molecular flexibility index (Phi) is 3.30. The van der Waals surface area contributed by atoms with Crippen molar-refractivity contribution in [2.75, 3.05) is 26.7 Å². The van der Waals surface area contributed by atoms with Crippen molar-refractivity contribution in [3.63, 3.8) is 0 Å². The Morgan fingerprint density at radius 3 is 2.91 bits per heavy atom. The molecule has 0 bridgehead atoms. The largest absolute Gasteiger partial charge is 0.396 e. The molecule has 0 aromatic heterocycles. The van der Waals surface area contributed by atoms with Gasteiger partial charge in [-0.25, -0.2) is 0 Å². The van der Waals surface area contributed by atoms with Crippen LogP contribution in [0.4, 0.5) is 0 Å². The van der Waals surface area contributed by atoms with E-state index in [-0.39, 0.29) is 12.6 Å². The maximum atomic E-state index is 8.73. The first-order valence-corrected chi connectivity index (χ1v) is 4.29. The summed E-state index contributed by atoms with van der Waals surface area (Å²) < 4.78 is 0. The zero-order valence-corrected chi connectivity index (χ0v) is 7.16. The molecule has 3 heteroatoms. The summed E-state index contributed by atoms with van der Waals surface area (Å²) in [7, 11) is 2.09. The lowest BCUT2D eigenvalue weighted by atomic mass is 9.90. The summed E-state index contributed by atoms with van der Waals surface area (Å²) in [4.78, 5) is 2.25. The van der Waals surface area contributed by atoms with E-state index in [2.05, 4.69) is 11.9 Å². The quantitative estimate of drug-likeness (QED) is 0.577. The number of aliphatic hydroxyl groups is 1. The number of likely N-dealkylation sites (tertiary alicyclic amines) is 1. The molecule has 1 fully saturated rings.